The number of rotatable bonds is 7. The van der Waals surface area contributed by atoms with Gasteiger partial charge in [-0.2, -0.15) is 0 Å². The molecule has 2 N–H and O–H groups in total. The van der Waals surface area contributed by atoms with Gasteiger partial charge in [0.2, 0.25) is 10.0 Å². The van der Waals surface area contributed by atoms with E-state index in [1.807, 2.05) is 0 Å². The summed E-state index contributed by atoms with van der Waals surface area (Å²) >= 11 is 0. The van der Waals surface area contributed by atoms with Crippen molar-refractivity contribution in [3.63, 3.8) is 0 Å². The predicted molar refractivity (Wildman–Crippen MR) is 71.0 cm³/mol. The zero-order valence-corrected chi connectivity index (χ0v) is 12.7. The molecular formula is C12H19NO6S. The van der Waals surface area contributed by atoms with Crippen LogP contribution in [0.5, 0.6) is 0 Å². The Kier molecular flexibility index (Phi) is 4.95. The third-order valence-electron chi connectivity index (χ3n) is 2.67. The van der Waals surface area contributed by atoms with Gasteiger partial charge in [0, 0.05) is 7.11 Å². The van der Waals surface area contributed by atoms with Crippen molar-refractivity contribution in [2.24, 2.45) is 0 Å². The maximum Gasteiger partial charge on any atom is 0.305 e. The summed E-state index contributed by atoms with van der Waals surface area (Å²) in [5.41, 5.74) is -1.24. The molecule has 0 radical (unpaired) electrons. The van der Waals surface area contributed by atoms with Gasteiger partial charge in [0.1, 0.15) is 16.4 Å². The predicted octanol–water partition coefficient (Wildman–Crippen LogP) is 1.05. The Bertz CT molecular complexity index is 591. The second-order valence-corrected chi connectivity index (χ2v) is 6.60. The molecule has 1 unspecified atom stereocenters. The molecule has 20 heavy (non-hydrogen) atoms. The highest BCUT2D eigenvalue weighted by atomic mass is 32.2. The Hall–Kier alpha value is -1.38. The van der Waals surface area contributed by atoms with Crippen molar-refractivity contribution < 1.29 is 27.5 Å². The van der Waals surface area contributed by atoms with Crippen molar-refractivity contribution in [1.82, 2.24) is 4.72 Å². The van der Waals surface area contributed by atoms with Crippen LogP contribution < -0.4 is 4.72 Å². The van der Waals surface area contributed by atoms with Crippen LogP contribution in [0.1, 0.15) is 24.9 Å². The van der Waals surface area contributed by atoms with Gasteiger partial charge >= 0.3 is 5.97 Å². The molecule has 0 bridgehead atoms. The van der Waals surface area contributed by atoms with Crippen LogP contribution in [0.2, 0.25) is 0 Å². The Morgan fingerprint density at radius 2 is 2.10 bits per heavy atom. The summed E-state index contributed by atoms with van der Waals surface area (Å²) in [6.07, 6.45) is -0.393. The first-order chi connectivity index (χ1) is 9.09. The Balaban J connectivity index is 3.09. The number of furan rings is 1. The molecule has 0 amide bonds. The normalized spacial score (nSPS) is 15.0. The molecule has 0 aliphatic carbocycles. The molecular weight excluding hydrogens is 286 g/mol. The van der Waals surface area contributed by atoms with Crippen LogP contribution in [0, 0.1) is 13.8 Å². The van der Waals surface area contributed by atoms with Gasteiger partial charge in [0.15, 0.2) is 0 Å². The van der Waals surface area contributed by atoms with E-state index in [-0.39, 0.29) is 17.3 Å². The lowest BCUT2D eigenvalue weighted by Gasteiger charge is -2.27. The van der Waals surface area contributed by atoms with E-state index in [0.717, 1.165) is 0 Å². The number of methoxy groups -OCH3 is 1. The van der Waals surface area contributed by atoms with Crippen LogP contribution in [0.4, 0.5) is 0 Å². The van der Waals surface area contributed by atoms with Gasteiger partial charge in [-0.1, -0.05) is 0 Å². The molecule has 114 valence electrons. The summed E-state index contributed by atoms with van der Waals surface area (Å²) in [7, 11) is -2.51. The number of carboxylic acid groups (broad SMARTS) is 1. The first-order valence-corrected chi connectivity index (χ1v) is 7.40. The molecule has 8 heteroatoms. The van der Waals surface area contributed by atoms with Crippen LogP contribution in [-0.4, -0.2) is 38.7 Å². The van der Waals surface area contributed by atoms with E-state index >= 15 is 0 Å². The summed E-state index contributed by atoms with van der Waals surface area (Å²) in [4.78, 5) is 10.9. The number of carboxylic acids is 1. The van der Waals surface area contributed by atoms with Crippen molar-refractivity contribution in [3.8, 4) is 0 Å². The third-order valence-corrected chi connectivity index (χ3v) is 4.42. The second-order valence-electron chi connectivity index (χ2n) is 4.95. The van der Waals surface area contributed by atoms with Gasteiger partial charge in [0.05, 0.1) is 18.6 Å². The van der Waals surface area contributed by atoms with E-state index in [0.29, 0.717) is 5.76 Å². The Labute approximate surface area is 118 Å². The molecule has 1 atom stereocenters. The van der Waals surface area contributed by atoms with E-state index in [2.05, 4.69) is 4.72 Å². The third kappa shape index (κ3) is 4.06. The summed E-state index contributed by atoms with van der Waals surface area (Å²) in [6.45, 7) is 4.59. The maximum atomic E-state index is 12.3. The number of ether oxygens (including phenoxy) is 1. The van der Waals surface area contributed by atoms with Crippen LogP contribution in [0.25, 0.3) is 0 Å². The molecule has 7 nitrogen and oxygen atoms in total. The Morgan fingerprint density at radius 1 is 1.50 bits per heavy atom. The van der Waals surface area contributed by atoms with Crippen LogP contribution in [0.3, 0.4) is 0 Å². The molecule has 1 rings (SSSR count). The quantitative estimate of drug-likeness (QED) is 0.780. The molecule has 0 saturated heterocycles. The zero-order chi connectivity index (χ0) is 15.6. The second kappa shape index (κ2) is 5.94. The molecule has 0 aliphatic rings. The summed E-state index contributed by atoms with van der Waals surface area (Å²) in [6, 6.07) is 1.39. The highest BCUT2D eigenvalue weighted by molar-refractivity contribution is 7.89. The van der Waals surface area contributed by atoms with Crippen LogP contribution in [-0.2, 0) is 19.6 Å². The fraction of sp³-hybridized carbons (Fsp3) is 0.583. The average Bonchev–Trinajstić information content (AvgIpc) is 2.56. The average molecular weight is 305 g/mol. The minimum atomic E-state index is -3.88. The number of sulfonamides is 1. The SMILES string of the molecule is COCC(C)(CC(=O)O)NS(=O)(=O)c1cc(C)oc1C. The standard InChI is InChI=1S/C12H19NO6S/c1-8-5-10(9(2)19-8)20(16,17)13-12(3,7-18-4)6-11(14)15/h5,13H,6-7H2,1-4H3,(H,14,15). The minimum Gasteiger partial charge on any atom is -0.481 e. The molecule has 0 fully saturated rings. The molecule has 0 saturated carbocycles. The summed E-state index contributed by atoms with van der Waals surface area (Å²) < 4.78 is 37.1. The number of nitrogens with one attached hydrogen (secondary N) is 1. The van der Waals surface area contributed by atoms with Gasteiger partial charge in [-0.3, -0.25) is 4.79 Å². The van der Waals surface area contributed by atoms with Crippen molar-refractivity contribution in [2.45, 2.75) is 37.6 Å². The molecule has 1 heterocycles. The number of aryl methyl sites for hydroxylation is 2. The number of hydrogen-bond acceptors (Lipinski definition) is 5. The largest absolute Gasteiger partial charge is 0.481 e. The molecule has 0 aromatic carbocycles. The molecule has 1 aromatic rings. The minimum absolute atomic E-state index is 0.00252. The van der Waals surface area contributed by atoms with E-state index in [4.69, 9.17) is 14.3 Å². The van der Waals surface area contributed by atoms with Crippen LogP contribution >= 0.6 is 0 Å². The lowest BCUT2D eigenvalue weighted by atomic mass is 10.0. The first kappa shape index (κ1) is 16.7. The number of aliphatic carboxylic acids is 1. The lowest BCUT2D eigenvalue weighted by molar-refractivity contribution is -0.138. The van der Waals surface area contributed by atoms with Gasteiger partial charge in [-0.15, -0.1) is 0 Å². The van der Waals surface area contributed by atoms with Crippen molar-refractivity contribution >= 4 is 16.0 Å². The van der Waals surface area contributed by atoms with Gasteiger partial charge in [0.25, 0.3) is 0 Å². The topological polar surface area (TPSA) is 106 Å². The number of carbonyl (C=O) groups is 1. The summed E-state index contributed by atoms with van der Waals surface area (Å²) in [5, 5.41) is 8.89. The van der Waals surface area contributed by atoms with E-state index < -0.39 is 28.0 Å². The first-order valence-electron chi connectivity index (χ1n) is 5.91. The van der Waals surface area contributed by atoms with Gasteiger partial charge < -0.3 is 14.3 Å². The number of hydrogen-bond donors (Lipinski definition) is 2. The van der Waals surface area contributed by atoms with Gasteiger partial charge in [-0.25, -0.2) is 13.1 Å². The van der Waals surface area contributed by atoms with E-state index in [1.165, 1.54) is 27.0 Å². The fourth-order valence-corrected chi connectivity index (χ4v) is 3.65. The van der Waals surface area contributed by atoms with Crippen molar-refractivity contribution in [3.05, 3.63) is 17.6 Å². The lowest BCUT2D eigenvalue weighted by Crippen LogP contribution is -2.50. The smallest absolute Gasteiger partial charge is 0.305 e. The Morgan fingerprint density at radius 3 is 2.50 bits per heavy atom. The molecule has 0 spiro atoms. The fourth-order valence-electron chi connectivity index (χ4n) is 2.02. The highest BCUT2D eigenvalue weighted by Gasteiger charge is 2.34. The van der Waals surface area contributed by atoms with Crippen molar-refractivity contribution in [2.75, 3.05) is 13.7 Å². The highest BCUT2D eigenvalue weighted by Crippen LogP contribution is 2.22. The maximum absolute atomic E-state index is 12.3. The van der Waals surface area contributed by atoms with E-state index in [1.54, 1.807) is 6.92 Å². The van der Waals surface area contributed by atoms with Crippen LogP contribution in [0.15, 0.2) is 15.4 Å². The van der Waals surface area contributed by atoms with Gasteiger partial charge in [-0.05, 0) is 26.8 Å². The zero-order valence-electron chi connectivity index (χ0n) is 11.9. The monoisotopic (exact) mass is 305 g/mol. The van der Waals surface area contributed by atoms with E-state index in [9.17, 15) is 13.2 Å². The molecule has 1 aromatic heterocycles. The summed E-state index contributed by atoms with van der Waals surface area (Å²) in [5.74, 6) is -0.396. The molecule has 0 aliphatic heterocycles. The van der Waals surface area contributed by atoms with Crippen molar-refractivity contribution in [1.29, 1.82) is 0 Å².